The first-order chi connectivity index (χ1) is 25.3. The van der Waals surface area contributed by atoms with Gasteiger partial charge >= 0.3 is 17.8 Å². The molecule has 15 nitrogen and oxygen atoms in total. The molecule has 2 aromatic heterocycles. The maximum Gasteiger partial charge on any atom is 0.410 e. The Morgan fingerprint density at radius 1 is 0.962 bits per heavy atom. The monoisotopic (exact) mass is 721 g/mol. The SMILES string of the molecule is CN(C)C=Nc1nccc2c1n(-c1ccc(Oc3ccccc3)cc1)c(=O)n2[C@@H]1C[C@@H](OC(=O)c2ccc([N+](=O)[O-])cc2)CN(C(=O)OC(C)(C)C)C1. The van der Waals surface area contributed by atoms with E-state index < -0.39 is 40.4 Å². The maximum atomic E-state index is 14.7. The number of non-ortho nitro benzene ring substituents is 1. The minimum absolute atomic E-state index is 0.000334. The molecular weight excluding hydrogens is 682 g/mol. The first kappa shape index (κ1) is 36.3. The van der Waals surface area contributed by atoms with Crippen molar-refractivity contribution in [2.75, 3.05) is 27.2 Å². The number of amides is 1. The number of nitro groups is 1. The van der Waals surface area contributed by atoms with E-state index in [-0.39, 0.29) is 36.6 Å². The van der Waals surface area contributed by atoms with Gasteiger partial charge in [-0.2, -0.15) is 0 Å². The standard InChI is InChI=1S/C38H39N7O8/c1-38(2,3)53-37(48)42-22-28(21-31(23-42)52-35(46)25-11-13-27(14-12-25)45(49)50)43-32-19-20-39-34(40-24-41(4)5)33(32)44(36(43)47)26-15-17-30(18-16-26)51-29-9-7-6-8-10-29/h6-20,24,28,31H,21-23H2,1-5H3/t28-,31-/m1/s1. The highest BCUT2D eigenvalue weighted by molar-refractivity contribution is 5.90. The Morgan fingerprint density at radius 3 is 2.28 bits per heavy atom. The third-order valence-electron chi connectivity index (χ3n) is 8.24. The lowest BCUT2D eigenvalue weighted by atomic mass is 10.0. The van der Waals surface area contributed by atoms with Gasteiger partial charge < -0.3 is 24.0 Å². The van der Waals surface area contributed by atoms with Crippen LogP contribution in [0.15, 0.2) is 101 Å². The van der Waals surface area contributed by atoms with Crippen molar-refractivity contribution >= 4 is 40.9 Å². The largest absolute Gasteiger partial charge is 0.457 e. The van der Waals surface area contributed by atoms with Crippen LogP contribution in [0.5, 0.6) is 11.5 Å². The number of carbonyl (C=O) groups excluding carboxylic acids is 2. The first-order valence-corrected chi connectivity index (χ1v) is 16.9. The number of fused-ring (bicyclic) bond motifs is 1. The molecule has 3 aromatic carbocycles. The van der Waals surface area contributed by atoms with Crippen molar-refractivity contribution in [2.45, 2.75) is 44.9 Å². The molecule has 1 saturated heterocycles. The molecule has 15 heteroatoms. The van der Waals surface area contributed by atoms with Crippen LogP contribution in [0, 0.1) is 10.1 Å². The van der Waals surface area contributed by atoms with E-state index in [2.05, 4.69) is 9.98 Å². The summed E-state index contributed by atoms with van der Waals surface area (Å²) >= 11 is 0. The van der Waals surface area contributed by atoms with Crippen LogP contribution in [-0.4, -0.2) is 86.1 Å². The maximum absolute atomic E-state index is 14.7. The lowest BCUT2D eigenvalue weighted by molar-refractivity contribution is -0.384. The number of ether oxygens (including phenoxy) is 3. The van der Waals surface area contributed by atoms with Crippen LogP contribution in [0.2, 0.25) is 0 Å². The molecule has 0 saturated carbocycles. The first-order valence-electron chi connectivity index (χ1n) is 16.9. The molecule has 1 aliphatic heterocycles. The molecule has 0 unspecified atom stereocenters. The number of likely N-dealkylation sites (tertiary alicyclic amines) is 1. The Hall–Kier alpha value is -6.51. The van der Waals surface area contributed by atoms with Crippen molar-refractivity contribution in [1.29, 1.82) is 0 Å². The number of aliphatic imine (C=N–C) groups is 1. The van der Waals surface area contributed by atoms with E-state index in [1.165, 1.54) is 33.7 Å². The molecule has 1 fully saturated rings. The Balaban J connectivity index is 1.42. The molecule has 5 aromatic rings. The molecule has 0 spiro atoms. The van der Waals surface area contributed by atoms with Gasteiger partial charge in [0.25, 0.3) is 5.69 Å². The van der Waals surface area contributed by atoms with Gasteiger partial charge in [0.05, 0.1) is 40.6 Å². The number of benzene rings is 3. The predicted molar refractivity (Wildman–Crippen MR) is 197 cm³/mol. The van der Waals surface area contributed by atoms with Crippen LogP contribution in [0.3, 0.4) is 0 Å². The number of carbonyl (C=O) groups is 2. The van der Waals surface area contributed by atoms with Gasteiger partial charge in [0.15, 0.2) is 5.82 Å². The molecule has 0 bridgehead atoms. The van der Waals surface area contributed by atoms with E-state index in [9.17, 15) is 24.5 Å². The van der Waals surface area contributed by atoms with Crippen LogP contribution in [-0.2, 0) is 9.47 Å². The number of rotatable bonds is 9. The smallest absolute Gasteiger partial charge is 0.410 e. The summed E-state index contributed by atoms with van der Waals surface area (Å²) in [6, 6.07) is 22.4. The summed E-state index contributed by atoms with van der Waals surface area (Å²) in [6.07, 6.45) is 1.81. The van der Waals surface area contributed by atoms with E-state index in [0.29, 0.717) is 28.2 Å². The zero-order valence-corrected chi connectivity index (χ0v) is 29.9. The van der Waals surface area contributed by atoms with Gasteiger partial charge in [0.1, 0.15) is 28.7 Å². The van der Waals surface area contributed by atoms with Crippen LogP contribution in [0.1, 0.15) is 43.6 Å². The van der Waals surface area contributed by atoms with Crippen LogP contribution in [0.25, 0.3) is 16.7 Å². The molecule has 0 radical (unpaired) electrons. The Labute approximate surface area is 304 Å². The summed E-state index contributed by atoms with van der Waals surface area (Å²) in [4.78, 5) is 64.3. The van der Waals surface area contributed by atoms with Crippen molar-refractivity contribution in [3.8, 4) is 17.2 Å². The quantitative estimate of drug-likeness (QED) is 0.0538. The number of nitrogens with zero attached hydrogens (tertiary/aromatic N) is 7. The second kappa shape index (κ2) is 15.0. The van der Waals surface area contributed by atoms with Crippen LogP contribution in [0.4, 0.5) is 16.3 Å². The number of hydrogen-bond donors (Lipinski definition) is 0. The van der Waals surface area contributed by atoms with Crippen LogP contribution < -0.4 is 10.4 Å². The molecular formula is C38H39N7O8. The third kappa shape index (κ3) is 8.35. The second-order valence-corrected chi connectivity index (χ2v) is 13.7. The number of aromatic nitrogens is 3. The molecule has 53 heavy (non-hydrogen) atoms. The van der Waals surface area contributed by atoms with E-state index >= 15 is 0 Å². The fraction of sp³-hybridized carbons (Fsp3) is 0.289. The van der Waals surface area contributed by atoms with E-state index in [1.807, 2.05) is 44.4 Å². The molecule has 0 N–H and O–H groups in total. The average Bonchev–Trinajstić information content (AvgIpc) is 3.42. The normalized spacial score (nSPS) is 16.1. The number of esters is 1. The third-order valence-corrected chi connectivity index (χ3v) is 8.24. The molecule has 1 amide bonds. The van der Waals surface area contributed by atoms with E-state index in [4.69, 9.17) is 14.2 Å². The van der Waals surface area contributed by atoms with Crippen molar-refractivity contribution in [1.82, 2.24) is 23.9 Å². The van der Waals surface area contributed by atoms with Gasteiger partial charge in [-0.25, -0.2) is 24.4 Å². The zero-order valence-electron chi connectivity index (χ0n) is 29.9. The number of nitro benzene ring substituents is 1. The van der Waals surface area contributed by atoms with Gasteiger partial charge in [-0.15, -0.1) is 0 Å². The van der Waals surface area contributed by atoms with Crippen molar-refractivity contribution in [2.24, 2.45) is 4.99 Å². The van der Waals surface area contributed by atoms with Gasteiger partial charge in [-0.3, -0.25) is 19.2 Å². The summed E-state index contributed by atoms with van der Waals surface area (Å²) in [7, 11) is 3.64. The number of pyridine rings is 1. The minimum atomic E-state index is -0.864. The van der Waals surface area contributed by atoms with Crippen molar-refractivity contribution in [3.63, 3.8) is 0 Å². The van der Waals surface area contributed by atoms with Crippen LogP contribution >= 0.6 is 0 Å². The van der Waals surface area contributed by atoms with E-state index in [0.717, 1.165) is 0 Å². The molecule has 0 aliphatic carbocycles. The van der Waals surface area contributed by atoms with Gasteiger partial charge in [0, 0.05) is 45.4 Å². The Morgan fingerprint density at radius 2 is 1.64 bits per heavy atom. The van der Waals surface area contributed by atoms with Gasteiger partial charge in [0.2, 0.25) is 0 Å². The highest BCUT2D eigenvalue weighted by Crippen LogP contribution is 2.33. The summed E-state index contributed by atoms with van der Waals surface area (Å²) in [5, 5.41) is 11.1. The minimum Gasteiger partial charge on any atom is -0.457 e. The molecule has 1 aliphatic rings. The average molecular weight is 722 g/mol. The topological polar surface area (TPSA) is 164 Å². The highest BCUT2D eigenvalue weighted by atomic mass is 16.6. The summed E-state index contributed by atoms with van der Waals surface area (Å²) in [5.74, 6) is 0.789. The highest BCUT2D eigenvalue weighted by Gasteiger charge is 2.37. The fourth-order valence-electron chi connectivity index (χ4n) is 6.01. The number of hydrogen-bond acceptors (Lipinski definition) is 10. The molecule has 3 heterocycles. The fourth-order valence-corrected chi connectivity index (χ4v) is 6.01. The number of para-hydroxylation sites is 1. The van der Waals surface area contributed by atoms with Gasteiger partial charge in [-0.05, 0) is 75.4 Å². The Bertz CT molecular complexity index is 2210. The molecule has 274 valence electrons. The summed E-state index contributed by atoms with van der Waals surface area (Å²) in [6.45, 7) is 5.31. The lowest BCUT2D eigenvalue weighted by Gasteiger charge is -2.38. The molecule has 6 rings (SSSR count). The Kier molecular flexibility index (Phi) is 10.3. The predicted octanol–water partition coefficient (Wildman–Crippen LogP) is 6.52. The summed E-state index contributed by atoms with van der Waals surface area (Å²) in [5.41, 5.74) is 0.135. The molecule has 2 atom stereocenters. The zero-order chi connectivity index (χ0) is 37.9. The van der Waals surface area contributed by atoms with E-state index in [1.54, 1.807) is 73.1 Å². The van der Waals surface area contributed by atoms with Crippen molar-refractivity contribution < 1.29 is 28.7 Å². The number of piperidine rings is 1. The van der Waals surface area contributed by atoms with Gasteiger partial charge in [-0.1, -0.05) is 18.2 Å². The second-order valence-electron chi connectivity index (χ2n) is 13.7. The van der Waals surface area contributed by atoms with Crippen molar-refractivity contribution in [3.05, 3.63) is 117 Å². The number of imidazole rings is 1. The summed E-state index contributed by atoms with van der Waals surface area (Å²) < 4.78 is 20.7. The lowest BCUT2D eigenvalue weighted by Crippen LogP contribution is -2.50.